The highest BCUT2D eigenvalue weighted by atomic mass is 16.5. The van der Waals surface area contributed by atoms with Gasteiger partial charge in [-0.2, -0.15) is 0 Å². The minimum atomic E-state index is -0.841. The van der Waals surface area contributed by atoms with Crippen molar-refractivity contribution in [1.29, 1.82) is 0 Å². The molecule has 0 radical (unpaired) electrons. The molecule has 0 heterocycles. The normalized spacial score (nSPS) is 12.7. The molecule has 3 N–H and O–H groups in total. The standard InChI is InChI=1S/C76H145NO5/c1-3-5-7-9-11-13-15-17-19-20-34-38-42-46-50-54-58-62-66-70-76(81)82-71-67-63-59-55-51-47-43-39-36-33-31-29-27-25-23-21-22-24-26-28-30-32-35-37-41-45-49-53-57-61-65-69-75(80)77-73(72-78)74(79)68-64-60-56-52-48-44-40-18-16-14-12-10-8-6-4-2/h11,13,17,19,64,68,73-74,78-79H,3-10,12,14-16,18,20-63,65-67,69-72H2,1-2H3,(H,77,80)/b13-11-,19-17-,68-64+. The Kier molecular flexibility index (Phi) is 69.9. The van der Waals surface area contributed by atoms with Gasteiger partial charge in [-0.3, -0.25) is 9.59 Å². The molecule has 0 fully saturated rings. The van der Waals surface area contributed by atoms with Crippen molar-refractivity contribution < 1.29 is 24.5 Å². The summed E-state index contributed by atoms with van der Waals surface area (Å²) in [5.41, 5.74) is 0. The number of allylic oxidation sites excluding steroid dienone is 5. The number of rotatable bonds is 70. The van der Waals surface area contributed by atoms with E-state index in [4.69, 9.17) is 4.74 Å². The maximum absolute atomic E-state index is 12.5. The molecule has 1 amide bonds. The van der Waals surface area contributed by atoms with Crippen LogP contribution < -0.4 is 5.32 Å². The number of ether oxygens (including phenoxy) is 1. The van der Waals surface area contributed by atoms with Crippen LogP contribution in [0.5, 0.6) is 0 Å². The summed E-state index contributed by atoms with van der Waals surface area (Å²) in [6.45, 7) is 4.91. The Morgan fingerprint density at radius 2 is 0.610 bits per heavy atom. The maximum Gasteiger partial charge on any atom is 0.305 e. The molecule has 0 aromatic heterocycles. The zero-order chi connectivity index (χ0) is 59.2. The van der Waals surface area contributed by atoms with E-state index < -0.39 is 12.1 Å². The van der Waals surface area contributed by atoms with Crippen LogP contribution >= 0.6 is 0 Å². The topological polar surface area (TPSA) is 95.9 Å². The summed E-state index contributed by atoms with van der Waals surface area (Å²) in [5, 5.41) is 23.2. The molecule has 0 bridgehead atoms. The molecular weight excluding hydrogens is 1010 g/mol. The number of nitrogens with one attached hydrogen (secondary N) is 1. The lowest BCUT2D eigenvalue weighted by Gasteiger charge is -2.20. The zero-order valence-electron chi connectivity index (χ0n) is 55.5. The third-order valence-corrected chi connectivity index (χ3v) is 17.4. The smallest absolute Gasteiger partial charge is 0.305 e. The molecule has 0 aliphatic rings. The average Bonchev–Trinajstić information content (AvgIpc) is 3.48. The molecule has 0 saturated heterocycles. The summed E-state index contributed by atoms with van der Waals surface area (Å²) in [4.78, 5) is 24.6. The molecule has 0 aliphatic heterocycles. The lowest BCUT2D eigenvalue weighted by Crippen LogP contribution is -2.45. The van der Waals surface area contributed by atoms with E-state index in [1.165, 1.54) is 334 Å². The van der Waals surface area contributed by atoms with Gasteiger partial charge in [-0.25, -0.2) is 0 Å². The van der Waals surface area contributed by atoms with Gasteiger partial charge in [-0.15, -0.1) is 0 Å². The van der Waals surface area contributed by atoms with Crippen LogP contribution in [0, 0.1) is 0 Å². The summed E-state index contributed by atoms with van der Waals surface area (Å²) in [6, 6.07) is -0.624. The second kappa shape index (κ2) is 71.6. The van der Waals surface area contributed by atoms with E-state index in [2.05, 4.69) is 43.5 Å². The Hall–Kier alpha value is -1.92. The first-order valence-electron chi connectivity index (χ1n) is 37.3. The number of aliphatic hydroxyl groups is 2. The number of unbranched alkanes of at least 4 members (excludes halogenated alkanes) is 55. The SMILES string of the molecule is CCCCC/C=C\C/C=C\CCCCCCCCCCCC(=O)OCCCCCCCCCCCCCCCCCCCCCCCCCCCCCCCCCC(=O)NC(CO)C(O)/C=C/CCCCCCCCCCCCCCC. The molecule has 0 aromatic rings. The zero-order valence-corrected chi connectivity index (χ0v) is 55.5. The Bertz CT molecular complexity index is 1330. The Labute approximate surface area is 513 Å². The number of esters is 1. The second-order valence-corrected chi connectivity index (χ2v) is 25.6. The number of amides is 1. The van der Waals surface area contributed by atoms with Crippen LogP contribution in [-0.2, 0) is 14.3 Å². The van der Waals surface area contributed by atoms with Crippen LogP contribution in [0.3, 0.4) is 0 Å². The van der Waals surface area contributed by atoms with Crippen molar-refractivity contribution in [2.45, 2.75) is 424 Å². The third kappa shape index (κ3) is 67.2. The first kappa shape index (κ1) is 80.1. The van der Waals surface area contributed by atoms with Crippen molar-refractivity contribution >= 4 is 11.9 Å². The molecular formula is C76H145NO5. The fraction of sp³-hybridized carbons (Fsp3) is 0.895. The summed E-state index contributed by atoms with van der Waals surface area (Å²) in [7, 11) is 0. The van der Waals surface area contributed by atoms with Crippen LogP contribution in [0.25, 0.3) is 0 Å². The lowest BCUT2D eigenvalue weighted by atomic mass is 10.0. The molecule has 0 spiro atoms. The molecule has 2 unspecified atom stereocenters. The Morgan fingerprint density at radius 1 is 0.341 bits per heavy atom. The number of aliphatic hydroxyl groups excluding tert-OH is 2. The van der Waals surface area contributed by atoms with Gasteiger partial charge in [-0.05, 0) is 64.2 Å². The van der Waals surface area contributed by atoms with Gasteiger partial charge in [0, 0.05) is 12.8 Å². The summed E-state index contributed by atoms with van der Waals surface area (Å²) in [6.07, 6.45) is 92.5. The highest BCUT2D eigenvalue weighted by Gasteiger charge is 2.18. The van der Waals surface area contributed by atoms with Gasteiger partial charge < -0.3 is 20.3 Å². The number of carbonyl (C=O) groups excluding carboxylic acids is 2. The van der Waals surface area contributed by atoms with E-state index in [1.807, 2.05) is 6.08 Å². The van der Waals surface area contributed by atoms with Gasteiger partial charge in [0.15, 0.2) is 0 Å². The molecule has 484 valence electrons. The third-order valence-electron chi connectivity index (χ3n) is 17.4. The van der Waals surface area contributed by atoms with Gasteiger partial charge in [-0.1, -0.05) is 371 Å². The average molecular weight is 1150 g/mol. The van der Waals surface area contributed by atoms with Gasteiger partial charge in [0.2, 0.25) is 5.91 Å². The van der Waals surface area contributed by atoms with Crippen LogP contribution in [0.1, 0.15) is 412 Å². The van der Waals surface area contributed by atoms with E-state index in [9.17, 15) is 19.8 Å². The molecule has 6 heteroatoms. The lowest BCUT2D eigenvalue weighted by molar-refractivity contribution is -0.143. The van der Waals surface area contributed by atoms with Gasteiger partial charge in [0.1, 0.15) is 0 Å². The van der Waals surface area contributed by atoms with Crippen molar-refractivity contribution in [3.8, 4) is 0 Å². The van der Waals surface area contributed by atoms with E-state index in [-0.39, 0.29) is 18.5 Å². The molecule has 82 heavy (non-hydrogen) atoms. The molecule has 0 rings (SSSR count). The first-order valence-corrected chi connectivity index (χ1v) is 37.3. The predicted molar refractivity (Wildman–Crippen MR) is 361 cm³/mol. The van der Waals surface area contributed by atoms with E-state index >= 15 is 0 Å². The molecule has 0 saturated carbocycles. The second-order valence-electron chi connectivity index (χ2n) is 25.6. The van der Waals surface area contributed by atoms with Crippen molar-refractivity contribution in [3.63, 3.8) is 0 Å². The van der Waals surface area contributed by atoms with Gasteiger partial charge in [0.25, 0.3) is 0 Å². The largest absolute Gasteiger partial charge is 0.466 e. The molecule has 6 nitrogen and oxygen atoms in total. The van der Waals surface area contributed by atoms with Crippen LogP contribution in [-0.4, -0.2) is 47.4 Å². The highest BCUT2D eigenvalue weighted by Crippen LogP contribution is 2.19. The Morgan fingerprint density at radius 3 is 0.951 bits per heavy atom. The number of carbonyl (C=O) groups is 2. The summed E-state index contributed by atoms with van der Waals surface area (Å²) < 4.78 is 5.51. The van der Waals surface area contributed by atoms with Gasteiger partial charge >= 0.3 is 5.97 Å². The fourth-order valence-electron chi connectivity index (χ4n) is 11.7. The first-order chi connectivity index (χ1) is 40.5. The van der Waals surface area contributed by atoms with Crippen LogP contribution in [0.2, 0.25) is 0 Å². The van der Waals surface area contributed by atoms with E-state index in [0.29, 0.717) is 19.4 Å². The quantitative estimate of drug-likeness (QED) is 0.0320. The van der Waals surface area contributed by atoms with E-state index in [1.54, 1.807) is 6.08 Å². The number of hydrogen-bond donors (Lipinski definition) is 3. The molecule has 0 aromatic carbocycles. The van der Waals surface area contributed by atoms with E-state index in [0.717, 1.165) is 51.4 Å². The number of hydrogen-bond acceptors (Lipinski definition) is 5. The van der Waals surface area contributed by atoms with Gasteiger partial charge in [0.05, 0.1) is 25.4 Å². The maximum atomic E-state index is 12.5. The van der Waals surface area contributed by atoms with Crippen molar-refractivity contribution in [2.75, 3.05) is 13.2 Å². The van der Waals surface area contributed by atoms with Crippen molar-refractivity contribution in [3.05, 3.63) is 36.5 Å². The van der Waals surface area contributed by atoms with Crippen molar-refractivity contribution in [2.24, 2.45) is 0 Å². The summed E-state index contributed by atoms with van der Waals surface area (Å²) >= 11 is 0. The monoisotopic (exact) mass is 1150 g/mol. The minimum absolute atomic E-state index is 0.0171. The highest BCUT2D eigenvalue weighted by molar-refractivity contribution is 5.76. The molecule has 0 aliphatic carbocycles. The van der Waals surface area contributed by atoms with Crippen molar-refractivity contribution in [1.82, 2.24) is 5.32 Å². The Balaban J connectivity index is 3.33. The fourth-order valence-corrected chi connectivity index (χ4v) is 11.7. The predicted octanol–water partition coefficient (Wildman–Crippen LogP) is 24.3. The summed E-state index contributed by atoms with van der Waals surface area (Å²) in [5.74, 6) is -0.0442. The molecule has 2 atom stereocenters. The van der Waals surface area contributed by atoms with Crippen LogP contribution in [0.4, 0.5) is 0 Å². The van der Waals surface area contributed by atoms with Crippen LogP contribution in [0.15, 0.2) is 36.5 Å². The minimum Gasteiger partial charge on any atom is -0.466 e.